The molecule has 0 fully saturated rings. The predicted molar refractivity (Wildman–Crippen MR) is 263 cm³/mol. The van der Waals surface area contributed by atoms with Gasteiger partial charge in [-0.25, -0.2) is 0 Å². The van der Waals surface area contributed by atoms with Crippen LogP contribution in [0.5, 0.6) is 0 Å². The minimum atomic E-state index is 0.899. The molecule has 0 saturated carbocycles. The van der Waals surface area contributed by atoms with E-state index in [1.807, 2.05) is 12.1 Å². The maximum atomic E-state index is 6.28. The molecular weight excluding hydrogens is 751 g/mol. The second-order valence-electron chi connectivity index (χ2n) is 16.0. The molecule has 0 aliphatic rings. The van der Waals surface area contributed by atoms with Gasteiger partial charge in [0, 0.05) is 27.5 Å². The summed E-state index contributed by atoms with van der Waals surface area (Å²) in [6, 6.07) is 85.6. The Morgan fingerprint density at radius 3 is 1.58 bits per heavy atom. The molecule has 0 spiro atoms. The molecule has 2 nitrogen and oxygen atoms in total. The minimum Gasteiger partial charge on any atom is -0.456 e. The van der Waals surface area contributed by atoms with Crippen LogP contribution in [0, 0.1) is 0 Å². The van der Waals surface area contributed by atoms with Gasteiger partial charge in [-0.05, 0) is 114 Å². The summed E-state index contributed by atoms with van der Waals surface area (Å²) in [5.41, 5.74) is 14.6. The Labute approximate surface area is 360 Å². The molecule has 0 saturated heterocycles. The molecule has 0 N–H and O–H groups in total. The van der Waals surface area contributed by atoms with Crippen molar-refractivity contribution in [3.8, 4) is 44.5 Å². The van der Waals surface area contributed by atoms with Gasteiger partial charge in [0.25, 0.3) is 0 Å². The van der Waals surface area contributed by atoms with Crippen LogP contribution in [-0.4, -0.2) is 0 Å². The van der Waals surface area contributed by atoms with Crippen LogP contribution in [0.2, 0.25) is 0 Å². The van der Waals surface area contributed by atoms with Gasteiger partial charge in [-0.3, -0.25) is 0 Å². The summed E-state index contributed by atoms with van der Waals surface area (Å²) in [5.74, 6) is 0. The molecule has 0 bridgehead atoms. The summed E-state index contributed by atoms with van der Waals surface area (Å²) >= 11 is 0. The molecule has 1 heterocycles. The SMILES string of the molecule is c1ccc(-c2ccc(-c3ccc4ccccc4c3-c3ccc(N(c4ccc(-c5cccc6oc7ccccc7c56)cc4)c4cc5ccccc5c5ccccc45)cc3)cc2)cc1. The number of anilines is 3. The van der Waals surface area contributed by atoms with E-state index in [0.29, 0.717) is 0 Å². The van der Waals surface area contributed by atoms with Crippen molar-refractivity contribution in [2.45, 2.75) is 0 Å². The minimum absolute atomic E-state index is 0.899. The summed E-state index contributed by atoms with van der Waals surface area (Å²) in [6.07, 6.45) is 0. The molecule has 0 radical (unpaired) electrons. The number of benzene rings is 11. The van der Waals surface area contributed by atoms with Crippen molar-refractivity contribution in [1.82, 2.24) is 0 Å². The van der Waals surface area contributed by atoms with Crippen molar-refractivity contribution in [1.29, 1.82) is 0 Å². The lowest BCUT2D eigenvalue weighted by molar-refractivity contribution is 0.669. The third-order valence-electron chi connectivity index (χ3n) is 12.5. The van der Waals surface area contributed by atoms with Crippen LogP contribution in [-0.2, 0) is 0 Å². The zero-order valence-electron chi connectivity index (χ0n) is 33.9. The van der Waals surface area contributed by atoms with Gasteiger partial charge in [0.15, 0.2) is 0 Å². The maximum Gasteiger partial charge on any atom is 0.136 e. The van der Waals surface area contributed by atoms with Gasteiger partial charge in [-0.15, -0.1) is 0 Å². The Morgan fingerprint density at radius 2 is 0.823 bits per heavy atom. The van der Waals surface area contributed by atoms with Crippen molar-refractivity contribution in [3.63, 3.8) is 0 Å². The smallest absolute Gasteiger partial charge is 0.136 e. The van der Waals surface area contributed by atoms with Crippen molar-refractivity contribution >= 4 is 71.3 Å². The van der Waals surface area contributed by atoms with E-state index in [2.05, 4.69) is 229 Å². The molecule has 0 atom stereocenters. The van der Waals surface area contributed by atoms with Crippen molar-refractivity contribution in [2.75, 3.05) is 4.90 Å². The molecule has 12 rings (SSSR count). The highest BCUT2D eigenvalue weighted by Crippen LogP contribution is 2.45. The first-order valence-electron chi connectivity index (χ1n) is 21.2. The third-order valence-corrected chi connectivity index (χ3v) is 12.5. The van der Waals surface area contributed by atoms with Gasteiger partial charge in [-0.1, -0.05) is 194 Å². The van der Waals surface area contributed by atoms with Crippen LogP contribution in [0.3, 0.4) is 0 Å². The number of fused-ring (bicyclic) bond motifs is 7. The molecule has 1 aromatic heterocycles. The predicted octanol–water partition coefficient (Wildman–Crippen LogP) is 17.2. The van der Waals surface area contributed by atoms with Crippen LogP contribution in [0.25, 0.3) is 98.8 Å². The first-order chi connectivity index (χ1) is 30.7. The fourth-order valence-electron chi connectivity index (χ4n) is 9.53. The van der Waals surface area contributed by atoms with E-state index in [-0.39, 0.29) is 0 Å². The van der Waals surface area contributed by atoms with Gasteiger partial charge >= 0.3 is 0 Å². The summed E-state index contributed by atoms with van der Waals surface area (Å²) < 4.78 is 6.28. The maximum absolute atomic E-state index is 6.28. The normalized spacial score (nSPS) is 11.5. The van der Waals surface area contributed by atoms with E-state index in [4.69, 9.17) is 4.42 Å². The highest BCUT2D eigenvalue weighted by molar-refractivity contribution is 6.15. The second kappa shape index (κ2) is 14.8. The van der Waals surface area contributed by atoms with Gasteiger partial charge in [-0.2, -0.15) is 0 Å². The molecule has 12 aromatic rings. The molecule has 0 aliphatic carbocycles. The lowest BCUT2D eigenvalue weighted by atomic mass is 9.89. The molecule has 2 heteroatoms. The van der Waals surface area contributed by atoms with E-state index in [1.165, 1.54) is 65.7 Å². The van der Waals surface area contributed by atoms with E-state index >= 15 is 0 Å². The van der Waals surface area contributed by atoms with E-state index in [1.54, 1.807) is 0 Å². The Kier molecular flexibility index (Phi) is 8.53. The molecule has 0 aliphatic heterocycles. The first kappa shape index (κ1) is 35.7. The standard InChI is InChI=1S/C60H39NO/c1-2-13-40(14-3-1)41-25-27-43(28-26-41)52-38-33-42-15-4-7-18-50(42)59(52)45-31-36-48(37-32-45)61(56-39-46-16-5-6-17-49(46)53-19-8-9-20-54(53)56)47-34-29-44(30-35-47)51-22-12-24-58-60(51)55-21-10-11-23-57(55)62-58/h1-39H. The average Bonchev–Trinajstić information content (AvgIpc) is 3.74. The van der Waals surface area contributed by atoms with Gasteiger partial charge < -0.3 is 9.32 Å². The van der Waals surface area contributed by atoms with Crippen LogP contribution in [0.15, 0.2) is 241 Å². The van der Waals surface area contributed by atoms with Gasteiger partial charge in [0.05, 0.1) is 5.69 Å². The molecule has 62 heavy (non-hydrogen) atoms. The lowest BCUT2D eigenvalue weighted by Crippen LogP contribution is -2.10. The van der Waals surface area contributed by atoms with Crippen molar-refractivity contribution < 1.29 is 4.42 Å². The Bertz CT molecular complexity index is 3600. The van der Waals surface area contributed by atoms with E-state index in [9.17, 15) is 0 Å². The quantitative estimate of drug-likeness (QED) is 0.150. The first-order valence-corrected chi connectivity index (χ1v) is 21.2. The Balaban J connectivity index is 1.01. The zero-order valence-corrected chi connectivity index (χ0v) is 33.9. The number of para-hydroxylation sites is 1. The fraction of sp³-hybridized carbons (Fsp3) is 0. The number of nitrogens with zero attached hydrogens (tertiary/aromatic N) is 1. The topological polar surface area (TPSA) is 16.4 Å². The van der Waals surface area contributed by atoms with Crippen LogP contribution < -0.4 is 4.90 Å². The number of hydrogen-bond acceptors (Lipinski definition) is 2. The molecule has 0 unspecified atom stereocenters. The lowest BCUT2D eigenvalue weighted by Gasteiger charge is -2.28. The van der Waals surface area contributed by atoms with E-state index < -0.39 is 0 Å². The average molecular weight is 790 g/mol. The number of rotatable bonds is 7. The van der Waals surface area contributed by atoms with Gasteiger partial charge in [0.2, 0.25) is 0 Å². The zero-order chi connectivity index (χ0) is 41.0. The van der Waals surface area contributed by atoms with Crippen molar-refractivity contribution in [3.05, 3.63) is 237 Å². The summed E-state index contributed by atoms with van der Waals surface area (Å²) in [7, 11) is 0. The third kappa shape index (κ3) is 6.04. The van der Waals surface area contributed by atoms with E-state index in [0.717, 1.165) is 50.1 Å². The van der Waals surface area contributed by atoms with Crippen LogP contribution >= 0.6 is 0 Å². The summed E-state index contributed by atoms with van der Waals surface area (Å²) in [6.45, 7) is 0. The second-order valence-corrected chi connectivity index (χ2v) is 16.0. The van der Waals surface area contributed by atoms with Crippen LogP contribution in [0.1, 0.15) is 0 Å². The largest absolute Gasteiger partial charge is 0.456 e. The highest BCUT2D eigenvalue weighted by Gasteiger charge is 2.20. The molecule has 11 aromatic carbocycles. The highest BCUT2D eigenvalue weighted by atomic mass is 16.3. The summed E-state index contributed by atoms with van der Waals surface area (Å²) in [5, 5.41) is 9.61. The Morgan fingerprint density at radius 1 is 0.290 bits per heavy atom. The molecular formula is C60H39NO. The van der Waals surface area contributed by atoms with Crippen LogP contribution in [0.4, 0.5) is 17.1 Å². The summed E-state index contributed by atoms with van der Waals surface area (Å²) in [4.78, 5) is 2.42. The monoisotopic (exact) mass is 789 g/mol. The Hall–Kier alpha value is -8.20. The van der Waals surface area contributed by atoms with Crippen molar-refractivity contribution in [2.24, 2.45) is 0 Å². The fourth-order valence-corrected chi connectivity index (χ4v) is 9.53. The number of furan rings is 1. The molecule has 290 valence electrons. The van der Waals surface area contributed by atoms with Gasteiger partial charge in [0.1, 0.15) is 11.2 Å². The molecule has 0 amide bonds. The number of hydrogen-bond donors (Lipinski definition) is 0.